The second-order valence-corrected chi connectivity index (χ2v) is 6.88. The molecule has 0 fully saturated rings. The number of aromatic nitrogens is 2. The number of benzene rings is 1. The Morgan fingerprint density at radius 3 is 2.22 bits per heavy atom. The predicted molar refractivity (Wildman–Crippen MR) is 99.5 cm³/mol. The van der Waals surface area contributed by atoms with Gasteiger partial charge in [-0.25, -0.2) is 13.2 Å². The number of sulfonamides is 1. The Balaban J connectivity index is 2.24. The number of thiocarbonyl (C=S) groups is 1. The molecule has 0 radical (unpaired) electrons. The molecule has 10 nitrogen and oxygen atoms in total. The number of hydrogen-bond donors (Lipinski definition) is 2. The highest BCUT2D eigenvalue weighted by molar-refractivity contribution is 7.92. The van der Waals surface area contributed by atoms with E-state index in [0.717, 1.165) is 7.11 Å². The maximum atomic E-state index is 12.6. The maximum Gasteiger partial charge on any atom is 0.339 e. The molecular weight excluding hydrogens is 396 g/mol. The molecule has 0 saturated carbocycles. The first-order chi connectivity index (χ1) is 12.8. The van der Waals surface area contributed by atoms with Gasteiger partial charge in [-0.15, -0.1) is 0 Å². The number of hydrogen-bond acceptors (Lipinski definition) is 9. The fourth-order valence-electron chi connectivity index (χ4n) is 1.95. The average molecular weight is 412 g/mol. The lowest BCUT2D eigenvalue weighted by atomic mass is 10.2. The Hall–Kier alpha value is -2.99. The van der Waals surface area contributed by atoms with Crippen molar-refractivity contribution in [2.45, 2.75) is 4.90 Å². The Morgan fingerprint density at radius 1 is 1.07 bits per heavy atom. The Bertz CT molecular complexity index is 942. The third-order valence-corrected chi connectivity index (χ3v) is 4.87. The van der Waals surface area contributed by atoms with E-state index in [9.17, 15) is 13.2 Å². The average Bonchev–Trinajstić information content (AvgIpc) is 2.66. The van der Waals surface area contributed by atoms with E-state index in [-0.39, 0.29) is 33.3 Å². The van der Waals surface area contributed by atoms with Gasteiger partial charge in [0.1, 0.15) is 4.90 Å². The highest BCUT2D eigenvalue weighted by atomic mass is 32.2. The van der Waals surface area contributed by atoms with Gasteiger partial charge in [-0.1, -0.05) is 12.1 Å². The molecule has 2 aromatic rings. The Labute approximate surface area is 160 Å². The van der Waals surface area contributed by atoms with Gasteiger partial charge in [0.05, 0.1) is 33.0 Å². The van der Waals surface area contributed by atoms with Gasteiger partial charge in [0, 0.05) is 0 Å². The second kappa shape index (κ2) is 8.60. The summed E-state index contributed by atoms with van der Waals surface area (Å²) in [5.74, 6) is -0.465. The van der Waals surface area contributed by atoms with Crippen LogP contribution in [0.5, 0.6) is 11.8 Å². The molecule has 0 atom stereocenters. The number of rotatable bonds is 6. The van der Waals surface area contributed by atoms with Crippen molar-refractivity contribution in [2.75, 3.05) is 26.6 Å². The lowest BCUT2D eigenvalue weighted by Gasteiger charge is -2.13. The summed E-state index contributed by atoms with van der Waals surface area (Å²) in [5, 5.41) is 2.21. The third kappa shape index (κ3) is 5.01. The molecular formula is C15H16N4O6S2. The van der Waals surface area contributed by atoms with Crippen molar-refractivity contribution >= 4 is 39.3 Å². The van der Waals surface area contributed by atoms with E-state index in [1.54, 1.807) is 0 Å². The smallest absolute Gasteiger partial charge is 0.339 e. The molecule has 0 amide bonds. The number of methoxy groups -OCH3 is 3. The van der Waals surface area contributed by atoms with Crippen LogP contribution in [-0.2, 0) is 14.8 Å². The van der Waals surface area contributed by atoms with Gasteiger partial charge in [-0.2, -0.15) is 9.97 Å². The molecule has 0 aliphatic rings. The number of carbonyl (C=O) groups excluding carboxylic acids is 1. The number of esters is 1. The van der Waals surface area contributed by atoms with Crippen molar-refractivity contribution in [3.8, 4) is 11.8 Å². The molecule has 0 unspecified atom stereocenters. The highest BCUT2D eigenvalue weighted by Crippen LogP contribution is 2.18. The lowest BCUT2D eigenvalue weighted by molar-refractivity contribution is 0.0596. The predicted octanol–water partition coefficient (Wildman–Crippen LogP) is 0.956. The van der Waals surface area contributed by atoms with Crippen LogP contribution in [0.25, 0.3) is 0 Å². The number of ether oxygens (including phenoxy) is 3. The summed E-state index contributed by atoms with van der Waals surface area (Å²) < 4.78 is 41.9. The number of nitrogens with one attached hydrogen (secondary N) is 2. The quantitative estimate of drug-likeness (QED) is 0.523. The van der Waals surface area contributed by atoms with Crippen molar-refractivity contribution in [3.05, 3.63) is 35.9 Å². The summed E-state index contributed by atoms with van der Waals surface area (Å²) in [6.45, 7) is 0. The molecule has 0 saturated heterocycles. The Morgan fingerprint density at radius 2 is 1.67 bits per heavy atom. The first kappa shape index (κ1) is 20.3. The molecule has 27 heavy (non-hydrogen) atoms. The van der Waals surface area contributed by atoms with Crippen molar-refractivity contribution < 1.29 is 27.4 Å². The van der Waals surface area contributed by atoms with E-state index in [2.05, 4.69) is 24.7 Å². The van der Waals surface area contributed by atoms with E-state index in [4.69, 9.17) is 21.7 Å². The van der Waals surface area contributed by atoms with Gasteiger partial charge in [-0.05, 0) is 24.4 Å². The molecule has 1 heterocycles. The minimum absolute atomic E-state index is 0.0415. The largest absolute Gasteiger partial charge is 0.481 e. The van der Waals surface area contributed by atoms with Gasteiger partial charge >= 0.3 is 5.97 Å². The number of nitrogens with zero attached hydrogens (tertiary/aromatic N) is 2. The van der Waals surface area contributed by atoms with Crippen LogP contribution in [0.3, 0.4) is 0 Å². The summed E-state index contributed by atoms with van der Waals surface area (Å²) in [5.41, 5.74) is -0.130. The first-order valence-electron chi connectivity index (χ1n) is 7.29. The van der Waals surface area contributed by atoms with Crippen molar-refractivity contribution in [3.63, 3.8) is 0 Å². The zero-order chi connectivity index (χ0) is 20.0. The minimum atomic E-state index is -4.17. The fourth-order valence-corrected chi connectivity index (χ4v) is 3.48. The minimum Gasteiger partial charge on any atom is -0.481 e. The standard InChI is InChI=1S/C15H16N4O6S2/c1-23-11-8-12(24-2)17-14(16-11)18-15(26)19-27(21,22)10-7-5-4-6-9(10)13(20)25-3/h4-8H,1-3H3,(H2,16,17,18,19,26). The topological polar surface area (TPSA) is 129 Å². The van der Waals surface area contributed by atoms with E-state index >= 15 is 0 Å². The molecule has 1 aromatic carbocycles. The van der Waals surface area contributed by atoms with E-state index < -0.39 is 16.0 Å². The van der Waals surface area contributed by atoms with E-state index in [1.165, 1.54) is 44.6 Å². The van der Waals surface area contributed by atoms with Crippen LogP contribution >= 0.6 is 12.2 Å². The van der Waals surface area contributed by atoms with Crippen LogP contribution < -0.4 is 19.5 Å². The maximum absolute atomic E-state index is 12.6. The fraction of sp³-hybridized carbons (Fsp3) is 0.200. The van der Waals surface area contributed by atoms with Crippen LogP contribution in [0, 0.1) is 0 Å². The first-order valence-corrected chi connectivity index (χ1v) is 9.18. The van der Waals surface area contributed by atoms with Gasteiger partial charge < -0.3 is 19.5 Å². The van der Waals surface area contributed by atoms with E-state index in [0.29, 0.717) is 0 Å². The summed E-state index contributed by atoms with van der Waals surface area (Å²) in [6, 6.07) is 6.99. The molecule has 2 N–H and O–H groups in total. The molecule has 2 rings (SSSR count). The summed E-state index contributed by atoms with van der Waals surface area (Å²) in [7, 11) is -0.219. The number of anilines is 1. The molecule has 1 aromatic heterocycles. The third-order valence-electron chi connectivity index (χ3n) is 3.13. The number of carbonyl (C=O) groups is 1. The summed E-state index contributed by atoms with van der Waals surface area (Å²) in [6.07, 6.45) is 0. The van der Waals surface area contributed by atoms with Crippen molar-refractivity contribution in [1.82, 2.24) is 14.7 Å². The van der Waals surface area contributed by atoms with Gasteiger partial charge in [0.2, 0.25) is 17.7 Å². The van der Waals surface area contributed by atoms with Crippen LogP contribution in [0.2, 0.25) is 0 Å². The van der Waals surface area contributed by atoms with Crippen LogP contribution in [0.4, 0.5) is 5.95 Å². The molecule has 12 heteroatoms. The van der Waals surface area contributed by atoms with Crippen molar-refractivity contribution in [1.29, 1.82) is 0 Å². The molecule has 0 aliphatic carbocycles. The van der Waals surface area contributed by atoms with Crippen LogP contribution in [-0.4, -0.2) is 50.8 Å². The molecule has 0 bridgehead atoms. The molecule has 144 valence electrons. The summed E-state index contributed by atoms with van der Waals surface area (Å²) in [4.78, 5) is 19.5. The normalized spacial score (nSPS) is 10.6. The molecule has 0 spiro atoms. The molecule has 0 aliphatic heterocycles. The van der Waals surface area contributed by atoms with Gasteiger partial charge in [0.15, 0.2) is 5.11 Å². The van der Waals surface area contributed by atoms with Crippen LogP contribution in [0.1, 0.15) is 10.4 Å². The lowest BCUT2D eigenvalue weighted by Crippen LogP contribution is -2.35. The zero-order valence-electron chi connectivity index (χ0n) is 14.5. The highest BCUT2D eigenvalue weighted by Gasteiger charge is 2.23. The van der Waals surface area contributed by atoms with E-state index in [1.807, 2.05) is 0 Å². The van der Waals surface area contributed by atoms with Crippen molar-refractivity contribution in [2.24, 2.45) is 0 Å². The monoisotopic (exact) mass is 412 g/mol. The summed E-state index contributed by atoms with van der Waals surface area (Å²) >= 11 is 5.00. The van der Waals surface area contributed by atoms with Crippen LogP contribution in [0.15, 0.2) is 35.2 Å². The van der Waals surface area contributed by atoms with Gasteiger partial charge in [0.25, 0.3) is 10.0 Å². The Kier molecular flexibility index (Phi) is 6.47. The SMILES string of the molecule is COC(=O)c1ccccc1S(=O)(=O)NC(=S)Nc1nc(OC)cc(OC)n1. The second-order valence-electron chi connectivity index (χ2n) is 4.82. The van der Waals surface area contributed by atoms with Gasteiger partial charge in [-0.3, -0.25) is 4.72 Å². The zero-order valence-corrected chi connectivity index (χ0v) is 16.2.